The smallest absolute Gasteiger partial charge is 0.335 e. The van der Waals surface area contributed by atoms with Crippen LogP contribution in [0.1, 0.15) is 75.4 Å². The van der Waals surface area contributed by atoms with Crippen molar-refractivity contribution in [1.29, 1.82) is 0 Å². The number of aromatic carboxylic acids is 1. The zero-order valence-electron chi connectivity index (χ0n) is 27.3. The lowest BCUT2D eigenvalue weighted by Gasteiger charge is -2.36. The van der Waals surface area contributed by atoms with Crippen molar-refractivity contribution in [1.82, 2.24) is 15.3 Å². The van der Waals surface area contributed by atoms with E-state index in [0.717, 1.165) is 48.6 Å². The van der Waals surface area contributed by atoms with Crippen LogP contribution in [-0.2, 0) is 14.8 Å². The van der Waals surface area contributed by atoms with Crippen molar-refractivity contribution in [2.75, 3.05) is 24.5 Å². The van der Waals surface area contributed by atoms with Gasteiger partial charge in [-0.2, -0.15) is 4.98 Å². The number of sulfonamides is 1. The van der Waals surface area contributed by atoms with Crippen LogP contribution in [0.5, 0.6) is 5.88 Å². The van der Waals surface area contributed by atoms with Crippen LogP contribution in [0.25, 0.3) is 11.3 Å². The van der Waals surface area contributed by atoms with E-state index in [1.54, 1.807) is 6.07 Å². The number of carboxylic acids is 1. The number of anilines is 1. The maximum Gasteiger partial charge on any atom is 0.335 e. The molecule has 0 bridgehead atoms. The second kappa shape index (κ2) is 13.8. The summed E-state index contributed by atoms with van der Waals surface area (Å²) >= 11 is 0. The lowest BCUT2D eigenvalue weighted by Crippen LogP contribution is -2.43. The van der Waals surface area contributed by atoms with E-state index in [-0.39, 0.29) is 39.3 Å². The number of hydrogen-bond donors (Lipinski definition) is 3. The van der Waals surface area contributed by atoms with Gasteiger partial charge in [-0.3, -0.25) is 0 Å². The predicted octanol–water partition coefficient (Wildman–Crippen LogP) is 6.24. The molecule has 1 unspecified atom stereocenters. The molecule has 2 heterocycles. The van der Waals surface area contributed by atoms with Crippen LogP contribution in [0, 0.1) is 25.2 Å². The normalized spacial score (nSPS) is 17.4. The third-order valence-corrected chi connectivity index (χ3v) is 9.23. The van der Waals surface area contributed by atoms with Crippen LogP contribution in [0.4, 0.5) is 5.95 Å². The van der Waals surface area contributed by atoms with Crippen LogP contribution in [-0.4, -0.2) is 60.9 Å². The fourth-order valence-corrected chi connectivity index (χ4v) is 6.52. The number of rotatable bonds is 12. The van der Waals surface area contributed by atoms with Crippen LogP contribution < -0.4 is 14.8 Å². The highest BCUT2D eigenvalue weighted by atomic mass is 32.2. The summed E-state index contributed by atoms with van der Waals surface area (Å²) < 4.78 is 41.4. The number of aryl methyl sites for hydroxylation is 2. The highest BCUT2D eigenvalue weighted by Crippen LogP contribution is 2.31. The van der Waals surface area contributed by atoms with Crippen molar-refractivity contribution in [2.24, 2.45) is 11.3 Å². The molecule has 3 N–H and O–H groups in total. The summed E-state index contributed by atoms with van der Waals surface area (Å²) in [5, 5.41) is 13.0. The van der Waals surface area contributed by atoms with Gasteiger partial charge in [-0.25, -0.2) is 22.9 Å². The zero-order chi connectivity index (χ0) is 33.0. The Morgan fingerprint density at radius 2 is 1.80 bits per heavy atom. The van der Waals surface area contributed by atoms with Crippen molar-refractivity contribution in [3.05, 3.63) is 65.2 Å². The Kier molecular flexibility index (Phi) is 10.6. The fourth-order valence-electron chi connectivity index (χ4n) is 5.53. The molecule has 1 saturated heterocycles. The van der Waals surface area contributed by atoms with E-state index in [4.69, 9.17) is 9.47 Å². The first-order valence-corrected chi connectivity index (χ1v) is 16.8. The SMILES string of the molecule is Cc1cccc(C)c1-c1cc(OC[C@@H](CC(C)(C)C)NCC2CCC(C)(C)OC2)nc(NS(=O)(=O)c2cccc(C(=O)O)c2)n1. The third kappa shape index (κ3) is 9.72. The number of benzene rings is 2. The van der Waals surface area contributed by atoms with E-state index in [9.17, 15) is 18.3 Å². The Bertz CT molecular complexity index is 1590. The second-order valence-electron chi connectivity index (χ2n) is 13.8. The first-order chi connectivity index (χ1) is 21.0. The lowest BCUT2D eigenvalue weighted by molar-refractivity contribution is -0.0764. The zero-order valence-corrected chi connectivity index (χ0v) is 28.1. The minimum absolute atomic E-state index is 0.0115. The van der Waals surface area contributed by atoms with Crippen molar-refractivity contribution in [3.63, 3.8) is 0 Å². The molecule has 1 fully saturated rings. The molecule has 45 heavy (non-hydrogen) atoms. The minimum atomic E-state index is -4.21. The van der Waals surface area contributed by atoms with E-state index in [1.807, 2.05) is 32.0 Å². The standard InChI is InChI=1S/C34H46N4O6S/c1-22-10-8-11-23(2)30(22)28-17-29(37-32(36-28)38-45(41,42)27-13-9-12-25(16-27)31(39)40)43-21-26(18-33(3,4)5)35-19-24-14-15-34(6,7)44-20-24/h8-13,16-17,24,26,35H,14-15,18-21H2,1-7H3,(H,39,40)(H,36,37,38)/t24?,26-/m1/s1. The Labute approximate surface area is 267 Å². The van der Waals surface area contributed by atoms with Crippen molar-refractivity contribution in [2.45, 2.75) is 84.3 Å². The van der Waals surface area contributed by atoms with Gasteiger partial charge >= 0.3 is 5.97 Å². The van der Waals surface area contributed by atoms with Gasteiger partial charge in [-0.15, -0.1) is 0 Å². The molecule has 1 aromatic heterocycles. The van der Waals surface area contributed by atoms with Gasteiger partial charge in [0.2, 0.25) is 11.8 Å². The molecule has 11 heteroatoms. The Hall–Kier alpha value is -3.54. The Morgan fingerprint density at radius 1 is 1.11 bits per heavy atom. The van der Waals surface area contributed by atoms with Gasteiger partial charge < -0.3 is 19.9 Å². The van der Waals surface area contributed by atoms with Crippen LogP contribution in [0.2, 0.25) is 0 Å². The van der Waals surface area contributed by atoms with E-state index in [1.165, 1.54) is 18.2 Å². The molecule has 3 aromatic rings. The summed E-state index contributed by atoms with van der Waals surface area (Å²) in [4.78, 5) is 20.2. The molecule has 10 nitrogen and oxygen atoms in total. The number of carboxylic acid groups (broad SMARTS) is 1. The molecular formula is C34H46N4O6S. The molecule has 2 aromatic carbocycles. The molecule has 0 aliphatic carbocycles. The molecule has 1 aliphatic heterocycles. The average Bonchev–Trinajstić information content (AvgIpc) is 2.94. The highest BCUT2D eigenvalue weighted by Gasteiger charge is 2.29. The van der Waals surface area contributed by atoms with E-state index < -0.39 is 16.0 Å². The van der Waals surface area contributed by atoms with Crippen molar-refractivity contribution >= 4 is 21.9 Å². The van der Waals surface area contributed by atoms with E-state index in [2.05, 4.69) is 54.6 Å². The monoisotopic (exact) mass is 638 g/mol. The summed E-state index contributed by atoms with van der Waals surface area (Å²) in [7, 11) is -4.21. The molecule has 0 saturated carbocycles. The first-order valence-electron chi connectivity index (χ1n) is 15.3. The van der Waals surface area contributed by atoms with Gasteiger partial charge in [0.05, 0.1) is 28.4 Å². The molecular weight excluding hydrogens is 592 g/mol. The Morgan fingerprint density at radius 3 is 2.42 bits per heavy atom. The van der Waals surface area contributed by atoms with Crippen LogP contribution >= 0.6 is 0 Å². The summed E-state index contributed by atoms with van der Waals surface area (Å²) in [6.07, 6.45) is 2.95. The average molecular weight is 639 g/mol. The van der Waals surface area contributed by atoms with E-state index in [0.29, 0.717) is 24.8 Å². The quantitative estimate of drug-likeness (QED) is 0.210. The maximum absolute atomic E-state index is 13.3. The number of aromatic nitrogens is 2. The molecule has 244 valence electrons. The van der Waals surface area contributed by atoms with Gasteiger partial charge in [0, 0.05) is 24.2 Å². The van der Waals surface area contributed by atoms with Crippen LogP contribution in [0.3, 0.4) is 0 Å². The molecule has 2 atom stereocenters. The number of ether oxygens (including phenoxy) is 2. The highest BCUT2D eigenvalue weighted by molar-refractivity contribution is 7.92. The number of nitrogens with zero attached hydrogens (tertiary/aromatic N) is 2. The van der Waals surface area contributed by atoms with Gasteiger partial charge in [0.25, 0.3) is 10.0 Å². The van der Waals surface area contributed by atoms with E-state index >= 15 is 0 Å². The second-order valence-corrected chi connectivity index (χ2v) is 15.5. The summed E-state index contributed by atoms with van der Waals surface area (Å²) in [5.74, 6) is -0.763. The summed E-state index contributed by atoms with van der Waals surface area (Å²) in [6, 6.07) is 12.7. The fraction of sp³-hybridized carbons (Fsp3) is 0.500. The Balaban J connectivity index is 1.61. The molecule has 0 amide bonds. The number of nitrogens with one attached hydrogen (secondary N) is 2. The molecule has 0 spiro atoms. The van der Waals surface area contributed by atoms with Gasteiger partial charge in [-0.1, -0.05) is 45.0 Å². The lowest BCUT2D eigenvalue weighted by atomic mass is 9.87. The maximum atomic E-state index is 13.3. The topological polar surface area (TPSA) is 140 Å². The van der Waals surface area contributed by atoms with Crippen molar-refractivity contribution < 1.29 is 27.8 Å². The molecule has 0 radical (unpaired) electrons. The molecule has 1 aliphatic rings. The number of hydrogen-bond acceptors (Lipinski definition) is 8. The van der Waals surface area contributed by atoms with Crippen LogP contribution in [0.15, 0.2) is 53.4 Å². The predicted molar refractivity (Wildman–Crippen MR) is 175 cm³/mol. The molecule has 4 rings (SSSR count). The third-order valence-electron chi connectivity index (χ3n) is 7.91. The summed E-state index contributed by atoms with van der Waals surface area (Å²) in [5.41, 5.74) is 3.10. The minimum Gasteiger partial charge on any atom is -0.478 e. The largest absolute Gasteiger partial charge is 0.478 e. The van der Waals surface area contributed by atoms with Gasteiger partial charge in [-0.05, 0) is 87.6 Å². The van der Waals surface area contributed by atoms with Gasteiger partial charge in [0.15, 0.2) is 0 Å². The van der Waals surface area contributed by atoms with Crippen molar-refractivity contribution in [3.8, 4) is 17.1 Å². The number of carbonyl (C=O) groups is 1. The first kappa shape index (κ1) is 34.3. The summed E-state index contributed by atoms with van der Waals surface area (Å²) in [6.45, 7) is 16.6. The van der Waals surface area contributed by atoms with Gasteiger partial charge in [0.1, 0.15) is 6.61 Å².